The number of benzene rings is 1. The summed E-state index contributed by atoms with van der Waals surface area (Å²) in [7, 11) is 0. The predicted molar refractivity (Wildman–Crippen MR) is 100 cm³/mol. The predicted octanol–water partition coefficient (Wildman–Crippen LogP) is 3.11. The maximum Gasteiger partial charge on any atom is 0.222 e. The van der Waals surface area contributed by atoms with Crippen molar-refractivity contribution in [1.82, 2.24) is 10.2 Å². The van der Waals surface area contributed by atoms with Crippen LogP contribution in [0.3, 0.4) is 0 Å². The highest BCUT2D eigenvalue weighted by Crippen LogP contribution is 2.46. The van der Waals surface area contributed by atoms with E-state index in [1.165, 1.54) is 0 Å². The van der Waals surface area contributed by atoms with Crippen LogP contribution in [0.15, 0.2) is 12.1 Å². The van der Waals surface area contributed by atoms with Gasteiger partial charge in [-0.3, -0.25) is 4.79 Å². The first-order valence-electron chi connectivity index (χ1n) is 9.23. The lowest BCUT2D eigenvalue weighted by molar-refractivity contribution is -0.144. The fourth-order valence-corrected chi connectivity index (χ4v) is 5.31. The second-order valence-corrected chi connectivity index (χ2v) is 8.99. The Labute approximate surface area is 163 Å². The summed E-state index contributed by atoms with van der Waals surface area (Å²) >= 11 is 12.3. The third-order valence-electron chi connectivity index (χ3n) is 6.23. The van der Waals surface area contributed by atoms with Gasteiger partial charge >= 0.3 is 0 Å². The molecule has 3 N–H and O–H groups in total. The molecule has 1 spiro atoms. The van der Waals surface area contributed by atoms with Gasteiger partial charge in [-0.15, -0.1) is 0 Å². The monoisotopic (exact) mass is 398 g/mol. The summed E-state index contributed by atoms with van der Waals surface area (Å²) < 4.78 is 0. The molecule has 3 atom stereocenters. The highest BCUT2D eigenvalue weighted by molar-refractivity contribution is 6.42. The van der Waals surface area contributed by atoms with Gasteiger partial charge in [0.25, 0.3) is 0 Å². The SMILES string of the molecule is O=C(C[C@H]1CN[C@@H](c2c(O)ccc(Cl)c2Cl)C1)N1CC2(CCC(O)C2)C1. The molecule has 1 unspecified atom stereocenters. The summed E-state index contributed by atoms with van der Waals surface area (Å²) in [5, 5.41) is 24.0. The number of aromatic hydroxyl groups is 1. The number of nitrogens with one attached hydrogen (secondary N) is 1. The van der Waals surface area contributed by atoms with Gasteiger partial charge in [0.1, 0.15) is 5.75 Å². The molecule has 1 amide bonds. The van der Waals surface area contributed by atoms with Crippen molar-refractivity contribution >= 4 is 29.1 Å². The quantitative estimate of drug-likeness (QED) is 0.731. The highest BCUT2D eigenvalue weighted by atomic mass is 35.5. The fourth-order valence-electron chi connectivity index (χ4n) is 4.85. The van der Waals surface area contributed by atoms with Gasteiger partial charge in [-0.1, -0.05) is 23.2 Å². The van der Waals surface area contributed by atoms with Gasteiger partial charge in [-0.05, 0) is 50.3 Å². The number of carbonyl (C=O) groups is 1. The van der Waals surface area contributed by atoms with E-state index in [0.29, 0.717) is 22.0 Å². The highest BCUT2D eigenvalue weighted by Gasteiger charge is 2.49. The van der Waals surface area contributed by atoms with E-state index in [1.54, 1.807) is 12.1 Å². The molecule has 2 saturated heterocycles. The fraction of sp³-hybridized carbons (Fsp3) is 0.632. The Morgan fingerprint density at radius 1 is 1.35 bits per heavy atom. The number of amides is 1. The van der Waals surface area contributed by atoms with Crippen LogP contribution in [-0.2, 0) is 4.79 Å². The third kappa shape index (κ3) is 3.31. The molecule has 2 heterocycles. The van der Waals surface area contributed by atoms with Gasteiger partial charge < -0.3 is 20.4 Å². The van der Waals surface area contributed by atoms with Crippen molar-refractivity contribution < 1.29 is 15.0 Å². The van der Waals surface area contributed by atoms with Gasteiger partial charge in [0.05, 0.1) is 16.1 Å². The molecule has 142 valence electrons. The van der Waals surface area contributed by atoms with Gasteiger partial charge in [0.15, 0.2) is 0 Å². The first kappa shape index (κ1) is 18.4. The number of aliphatic hydroxyl groups excluding tert-OH is 1. The van der Waals surface area contributed by atoms with Crippen molar-refractivity contribution in [2.75, 3.05) is 19.6 Å². The topological polar surface area (TPSA) is 72.8 Å². The molecule has 2 aliphatic heterocycles. The molecule has 26 heavy (non-hydrogen) atoms. The van der Waals surface area contributed by atoms with Crippen LogP contribution in [-0.4, -0.2) is 46.8 Å². The summed E-state index contributed by atoms with van der Waals surface area (Å²) in [5.41, 5.74) is 0.794. The van der Waals surface area contributed by atoms with Crippen LogP contribution in [0, 0.1) is 11.3 Å². The van der Waals surface area contributed by atoms with E-state index in [-0.39, 0.29) is 35.1 Å². The van der Waals surface area contributed by atoms with Gasteiger partial charge in [0.2, 0.25) is 5.91 Å². The molecule has 3 fully saturated rings. The maximum absolute atomic E-state index is 12.6. The molecule has 0 aromatic heterocycles. The van der Waals surface area contributed by atoms with Crippen LogP contribution in [0.1, 0.15) is 43.7 Å². The molecule has 1 aliphatic carbocycles. The minimum Gasteiger partial charge on any atom is -0.508 e. The number of carbonyl (C=O) groups excluding carboxylic acids is 1. The summed E-state index contributed by atoms with van der Waals surface area (Å²) in [5.74, 6) is 0.534. The van der Waals surface area contributed by atoms with Crippen LogP contribution in [0.2, 0.25) is 10.0 Å². The summed E-state index contributed by atoms with van der Waals surface area (Å²) in [6.45, 7) is 2.29. The molecule has 1 saturated carbocycles. The lowest BCUT2D eigenvalue weighted by Crippen LogP contribution is -2.57. The zero-order chi connectivity index (χ0) is 18.5. The molecule has 3 aliphatic rings. The van der Waals surface area contributed by atoms with Gasteiger partial charge in [-0.2, -0.15) is 0 Å². The van der Waals surface area contributed by atoms with Crippen molar-refractivity contribution in [1.29, 1.82) is 0 Å². The summed E-state index contributed by atoms with van der Waals surface area (Å²) in [6, 6.07) is 3.05. The maximum atomic E-state index is 12.6. The van der Waals surface area contributed by atoms with Crippen molar-refractivity contribution in [2.45, 2.75) is 44.2 Å². The average molecular weight is 399 g/mol. The second kappa shape index (κ2) is 6.86. The lowest BCUT2D eigenvalue weighted by atomic mass is 9.77. The number of rotatable bonds is 3. The van der Waals surface area contributed by atoms with Gasteiger partial charge in [0, 0.05) is 36.5 Å². The molecular weight excluding hydrogens is 375 g/mol. The van der Waals surface area contributed by atoms with E-state index in [2.05, 4.69) is 5.32 Å². The Morgan fingerprint density at radius 3 is 2.81 bits per heavy atom. The zero-order valence-corrected chi connectivity index (χ0v) is 16.1. The number of aliphatic hydroxyl groups is 1. The van der Waals surface area contributed by atoms with Crippen molar-refractivity contribution in [3.63, 3.8) is 0 Å². The van der Waals surface area contributed by atoms with Crippen LogP contribution in [0.25, 0.3) is 0 Å². The number of hydrogen-bond acceptors (Lipinski definition) is 4. The second-order valence-electron chi connectivity index (χ2n) is 8.21. The molecule has 1 aromatic rings. The van der Waals surface area contributed by atoms with E-state index in [9.17, 15) is 15.0 Å². The number of hydrogen-bond donors (Lipinski definition) is 3. The first-order chi connectivity index (χ1) is 12.4. The molecular formula is C19H24Cl2N2O3. The van der Waals surface area contributed by atoms with Crippen LogP contribution in [0.4, 0.5) is 0 Å². The lowest BCUT2D eigenvalue weighted by Gasteiger charge is -2.48. The third-order valence-corrected chi connectivity index (χ3v) is 7.04. The molecule has 4 rings (SSSR count). The molecule has 1 aromatic carbocycles. The number of halogens is 2. The average Bonchev–Trinajstić information content (AvgIpc) is 3.17. The van der Waals surface area contributed by atoms with E-state index in [0.717, 1.165) is 45.3 Å². The Morgan fingerprint density at radius 2 is 2.12 bits per heavy atom. The van der Waals surface area contributed by atoms with Crippen LogP contribution >= 0.6 is 23.2 Å². The van der Waals surface area contributed by atoms with E-state index in [4.69, 9.17) is 23.2 Å². The molecule has 7 heteroatoms. The van der Waals surface area contributed by atoms with Crippen LogP contribution in [0.5, 0.6) is 5.75 Å². The number of likely N-dealkylation sites (tertiary alicyclic amines) is 1. The van der Waals surface area contributed by atoms with Crippen molar-refractivity contribution in [3.05, 3.63) is 27.7 Å². The first-order valence-corrected chi connectivity index (χ1v) is 9.98. The molecule has 5 nitrogen and oxygen atoms in total. The number of phenols is 1. The molecule has 0 radical (unpaired) electrons. The summed E-state index contributed by atoms with van der Waals surface area (Å²) in [6.07, 6.45) is 3.77. The largest absolute Gasteiger partial charge is 0.508 e. The van der Waals surface area contributed by atoms with Crippen molar-refractivity contribution in [3.8, 4) is 5.75 Å². The Kier molecular flexibility index (Phi) is 4.84. The summed E-state index contributed by atoms with van der Waals surface area (Å²) in [4.78, 5) is 14.5. The van der Waals surface area contributed by atoms with E-state index < -0.39 is 0 Å². The minimum absolute atomic E-state index is 0.0910. The Balaban J connectivity index is 1.33. The smallest absolute Gasteiger partial charge is 0.222 e. The molecule has 0 bridgehead atoms. The van der Waals surface area contributed by atoms with Gasteiger partial charge in [-0.25, -0.2) is 0 Å². The number of nitrogens with zero attached hydrogens (tertiary/aromatic N) is 1. The van der Waals surface area contributed by atoms with Crippen LogP contribution < -0.4 is 5.32 Å². The Hall–Kier alpha value is -1.01. The minimum atomic E-state index is -0.192. The standard InChI is InChI=1S/C19H24Cl2N2O3/c20-13-1-2-15(25)17(18(13)21)14-5-11(8-22-14)6-16(26)23-9-19(10-23)4-3-12(24)7-19/h1-2,11-12,14,22,24-25H,3-10H2/t11-,12?,14+/m0/s1. The number of phenolic OH excluding ortho intramolecular Hbond substituents is 1. The zero-order valence-electron chi connectivity index (χ0n) is 14.5. The van der Waals surface area contributed by atoms with E-state index >= 15 is 0 Å². The Bertz CT molecular complexity index is 721. The van der Waals surface area contributed by atoms with Crippen molar-refractivity contribution in [2.24, 2.45) is 11.3 Å². The normalized spacial score (nSPS) is 30.0. The van der Waals surface area contributed by atoms with E-state index in [1.807, 2.05) is 4.90 Å².